The lowest BCUT2D eigenvalue weighted by molar-refractivity contribution is -0.142. The molecule has 0 radical (unpaired) electrons. The first-order chi connectivity index (χ1) is 9.49. The number of aromatic carboxylic acids is 1. The molecule has 1 aliphatic rings. The number of aliphatic hydroxyl groups is 1. The molecule has 0 aromatic heterocycles. The molecule has 1 aromatic rings. The zero-order chi connectivity index (χ0) is 16.2. The van der Waals surface area contributed by atoms with Gasteiger partial charge in [-0.05, 0) is 39.8 Å². The number of benzene rings is 1. The summed E-state index contributed by atoms with van der Waals surface area (Å²) in [7, 11) is 0. The van der Waals surface area contributed by atoms with E-state index < -0.39 is 29.1 Å². The first kappa shape index (κ1) is 15.3. The smallest absolute Gasteiger partial charge is 0.335 e. The van der Waals surface area contributed by atoms with Gasteiger partial charge in [0.15, 0.2) is 0 Å². The van der Waals surface area contributed by atoms with Gasteiger partial charge < -0.3 is 20.1 Å². The fraction of sp³-hybridized carbons (Fsp3) is 0.467. The van der Waals surface area contributed by atoms with Crippen molar-refractivity contribution in [3.8, 4) is 5.75 Å². The van der Waals surface area contributed by atoms with Crippen molar-refractivity contribution in [3.05, 3.63) is 28.8 Å². The number of rotatable bonds is 3. The Morgan fingerprint density at radius 1 is 1.24 bits per heavy atom. The van der Waals surface area contributed by atoms with Crippen LogP contribution < -0.4 is 4.74 Å². The van der Waals surface area contributed by atoms with E-state index in [0.717, 1.165) is 0 Å². The largest absolute Gasteiger partial charge is 0.481 e. The predicted molar refractivity (Wildman–Crippen MR) is 73.7 cm³/mol. The molecule has 0 spiro atoms. The lowest BCUT2D eigenvalue weighted by atomic mass is 9.78. The van der Waals surface area contributed by atoms with Crippen LogP contribution in [0.15, 0.2) is 12.1 Å². The van der Waals surface area contributed by atoms with E-state index in [1.54, 1.807) is 13.8 Å². The van der Waals surface area contributed by atoms with Crippen molar-refractivity contribution in [2.45, 2.75) is 44.8 Å². The molecule has 1 heterocycles. The number of carbonyl (C=O) groups is 2. The van der Waals surface area contributed by atoms with Crippen LogP contribution in [0, 0.1) is 0 Å². The van der Waals surface area contributed by atoms with Crippen molar-refractivity contribution in [2.75, 3.05) is 0 Å². The summed E-state index contributed by atoms with van der Waals surface area (Å²) in [4.78, 5) is 22.8. The third kappa shape index (κ3) is 2.15. The van der Waals surface area contributed by atoms with Crippen LogP contribution >= 0.6 is 0 Å². The second kappa shape index (κ2) is 4.46. The van der Waals surface area contributed by atoms with Gasteiger partial charge in [0, 0.05) is 11.1 Å². The summed E-state index contributed by atoms with van der Waals surface area (Å²) < 4.78 is 5.42. The average Bonchev–Trinajstić information content (AvgIpc) is 2.59. The summed E-state index contributed by atoms with van der Waals surface area (Å²) in [6.45, 7) is 6.37. The van der Waals surface area contributed by atoms with Crippen LogP contribution in [0.4, 0.5) is 0 Å². The number of fused-ring (bicyclic) bond motifs is 1. The standard InChI is InChI=1S/C15H18O6/c1-14(2,12(18)19)8-5-7(11(16)17)6-9-10(8)21-13(20)15(9,3)4/h5-6,13,20H,1-4H3,(H,16,17)(H,18,19). The molecule has 114 valence electrons. The number of aliphatic hydroxyl groups excluding tert-OH is 1. The Bertz CT molecular complexity index is 629. The maximum absolute atomic E-state index is 11.5. The minimum Gasteiger partial charge on any atom is -0.481 e. The van der Waals surface area contributed by atoms with E-state index >= 15 is 0 Å². The van der Waals surface area contributed by atoms with Crippen LogP contribution in [0.2, 0.25) is 0 Å². The zero-order valence-electron chi connectivity index (χ0n) is 12.3. The normalized spacial score (nSPS) is 19.8. The molecular weight excluding hydrogens is 276 g/mol. The number of carboxylic acid groups (broad SMARTS) is 2. The van der Waals surface area contributed by atoms with Gasteiger partial charge in [-0.3, -0.25) is 4.79 Å². The maximum atomic E-state index is 11.5. The molecule has 1 unspecified atom stereocenters. The molecule has 0 bridgehead atoms. The summed E-state index contributed by atoms with van der Waals surface area (Å²) in [5, 5.41) is 28.6. The first-order valence-electron chi connectivity index (χ1n) is 6.50. The average molecular weight is 294 g/mol. The summed E-state index contributed by atoms with van der Waals surface area (Å²) >= 11 is 0. The Hall–Kier alpha value is -2.08. The number of aliphatic carboxylic acids is 1. The van der Waals surface area contributed by atoms with Gasteiger partial charge in [0.25, 0.3) is 0 Å². The Balaban J connectivity index is 2.79. The van der Waals surface area contributed by atoms with Crippen LogP contribution in [-0.2, 0) is 15.6 Å². The molecule has 0 amide bonds. The van der Waals surface area contributed by atoms with Crippen molar-refractivity contribution in [1.29, 1.82) is 0 Å². The molecule has 1 aromatic carbocycles. The summed E-state index contributed by atoms with van der Waals surface area (Å²) in [5.41, 5.74) is -1.43. The Morgan fingerprint density at radius 2 is 1.81 bits per heavy atom. The quantitative estimate of drug-likeness (QED) is 0.784. The SMILES string of the molecule is CC(C)(C(=O)O)c1cc(C(=O)O)cc2c1OC(O)C2(C)C. The van der Waals surface area contributed by atoms with E-state index in [0.29, 0.717) is 5.56 Å². The molecule has 1 aliphatic heterocycles. The summed E-state index contributed by atoms with van der Waals surface area (Å²) in [6, 6.07) is 2.72. The molecule has 0 saturated carbocycles. The van der Waals surface area contributed by atoms with Gasteiger partial charge >= 0.3 is 11.9 Å². The maximum Gasteiger partial charge on any atom is 0.335 e. The van der Waals surface area contributed by atoms with Crippen LogP contribution in [0.3, 0.4) is 0 Å². The number of hydrogen-bond donors (Lipinski definition) is 3. The van der Waals surface area contributed by atoms with Crippen LogP contribution in [0.5, 0.6) is 5.75 Å². The molecule has 0 aliphatic carbocycles. The molecule has 6 heteroatoms. The van der Waals surface area contributed by atoms with E-state index in [4.69, 9.17) is 4.74 Å². The van der Waals surface area contributed by atoms with Gasteiger partial charge in [-0.25, -0.2) is 4.79 Å². The van der Waals surface area contributed by atoms with Gasteiger partial charge in [-0.15, -0.1) is 0 Å². The Morgan fingerprint density at radius 3 is 2.29 bits per heavy atom. The van der Waals surface area contributed by atoms with Gasteiger partial charge in [-0.1, -0.05) is 0 Å². The molecule has 6 nitrogen and oxygen atoms in total. The highest BCUT2D eigenvalue weighted by Gasteiger charge is 2.45. The first-order valence-corrected chi connectivity index (χ1v) is 6.50. The second-order valence-electron chi connectivity index (χ2n) is 6.33. The van der Waals surface area contributed by atoms with E-state index in [1.807, 2.05) is 0 Å². The molecule has 0 fully saturated rings. The van der Waals surface area contributed by atoms with Crippen LogP contribution in [0.1, 0.15) is 49.2 Å². The lowest BCUT2D eigenvalue weighted by Gasteiger charge is -2.23. The van der Waals surface area contributed by atoms with E-state index in [2.05, 4.69) is 0 Å². The van der Waals surface area contributed by atoms with Crippen molar-refractivity contribution >= 4 is 11.9 Å². The molecular formula is C15H18O6. The van der Waals surface area contributed by atoms with E-state index in [9.17, 15) is 24.9 Å². The van der Waals surface area contributed by atoms with Crippen molar-refractivity contribution < 1.29 is 29.6 Å². The molecule has 0 saturated heterocycles. The predicted octanol–water partition coefficient (Wildman–Crippen LogP) is 1.74. The minimum absolute atomic E-state index is 0.0242. The van der Waals surface area contributed by atoms with E-state index in [1.165, 1.54) is 26.0 Å². The Kier molecular flexibility index (Phi) is 3.25. The fourth-order valence-corrected chi connectivity index (χ4v) is 2.33. The number of hydrogen-bond acceptors (Lipinski definition) is 4. The fourth-order valence-electron chi connectivity index (χ4n) is 2.33. The van der Waals surface area contributed by atoms with Crippen molar-refractivity contribution in [3.63, 3.8) is 0 Å². The third-order valence-electron chi connectivity index (χ3n) is 4.08. The van der Waals surface area contributed by atoms with Gasteiger partial charge in [-0.2, -0.15) is 0 Å². The highest BCUT2D eigenvalue weighted by atomic mass is 16.6. The minimum atomic E-state index is -1.34. The number of carboxylic acids is 2. The molecule has 21 heavy (non-hydrogen) atoms. The highest BCUT2D eigenvalue weighted by Crippen LogP contribution is 2.47. The topological polar surface area (TPSA) is 104 Å². The van der Waals surface area contributed by atoms with Gasteiger partial charge in [0.05, 0.1) is 16.4 Å². The van der Waals surface area contributed by atoms with Crippen LogP contribution in [-0.4, -0.2) is 33.5 Å². The molecule has 3 N–H and O–H groups in total. The van der Waals surface area contributed by atoms with Gasteiger partial charge in [0.1, 0.15) is 5.75 Å². The Labute approximate surface area is 122 Å². The van der Waals surface area contributed by atoms with E-state index in [-0.39, 0.29) is 16.9 Å². The molecule has 1 atom stereocenters. The lowest BCUT2D eigenvalue weighted by Crippen LogP contribution is -2.31. The van der Waals surface area contributed by atoms with Crippen molar-refractivity contribution in [1.82, 2.24) is 0 Å². The highest BCUT2D eigenvalue weighted by molar-refractivity contribution is 5.90. The second-order valence-corrected chi connectivity index (χ2v) is 6.33. The van der Waals surface area contributed by atoms with Gasteiger partial charge in [0.2, 0.25) is 6.29 Å². The summed E-state index contributed by atoms with van der Waals surface area (Å²) in [5.74, 6) is -2.00. The zero-order valence-corrected chi connectivity index (χ0v) is 12.3. The number of ether oxygens (including phenoxy) is 1. The van der Waals surface area contributed by atoms with Crippen molar-refractivity contribution in [2.24, 2.45) is 0 Å². The van der Waals surface area contributed by atoms with Crippen LogP contribution in [0.25, 0.3) is 0 Å². The molecule has 2 rings (SSSR count). The third-order valence-corrected chi connectivity index (χ3v) is 4.08. The summed E-state index contributed by atoms with van der Waals surface area (Å²) in [6.07, 6.45) is -1.15. The monoisotopic (exact) mass is 294 g/mol.